The molecule has 1 aromatic carbocycles. The molecule has 2 nitrogen and oxygen atoms in total. The lowest BCUT2D eigenvalue weighted by Crippen LogP contribution is -2.35. The van der Waals surface area contributed by atoms with Crippen LogP contribution in [0.3, 0.4) is 0 Å². The summed E-state index contributed by atoms with van der Waals surface area (Å²) in [6.07, 6.45) is 4.40. The van der Waals surface area contributed by atoms with E-state index in [1.807, 2.05) is 12.1 Å². The van der Waals surface area contributed by atoms with Gasteiger partial charge in [0.1, 0.15) is 0 Å². The summed E-state index contributed by atoms with van der Waals surface area (Å²) in [5.74, 6) is 0.283. The van der Waals surface area contributed by atoms with Gasteiger partial charge in [0.2, 0.25) is 0 Å². The summed E-state index contributed by atoms with van der Waals surface area (Å²) in [4.78, 5) is 14.9. The molecule has 0 spiro atoms. The monoisotopic (exact) mass is 273 g/mol. The minimum absolute atomic E-state index is 0.283. The fraction of sp³-hybridized carbons (Fsp3) is 0.611. The van der Waals surface area contributed by atoms with Crippen LogP contribution >= 0.6 is 0 Å². The maximum atomic E-state index is 12.4. The minimum atomic E-state index is 0.283. The Morgan fingerprint density at radius 3 is 2.45 bits per heavy atom. The molecule has 2 unspecified atom stereocenters. The number of hydrogen-bond donors (Lipinski definition) is 0. The van der Waals surface area contributed by atoms with E-state index in [0.717, 1.165) is 12.1 Å². The van der Waals surface area contributed by atoms with Crippen molar-refractivity contribution in [1.82, 2.24) is 4.90 Å². The van der Waals surface area contributed by atoms with Gasteiger partial charge in [0.25, 0.3) is 0 Å². The van der Waals surface area contributed by atoms with Crippen molar-refractivity contribution in [2.45, 2.75) is 65.5 Å². The molecule has 0 amide bonds. The molecular weight excluding hydrogens is 246 g/mol. The smallest absolute Gasteiger partial charge is 0.164 e. The highest BCUT2D eigenvalue weighted by Gasteiger charge is 2.29. The van der Waals surface area contributed by atoms with Gasteiger partial charge in [-0.2, -0.15) is 0 Å². The van der Waals surface area contributed by atoms with E-state index in [0.29, 0.717) is 18.5 Å². The minimum Gasteiger partial charge on any atom is -0.297 e. The molecule has 1 heterocycles. The van der Waals surface area contributed by atoms with Crippen LogP contribution in [0.25, 0.3) is 0 Å². The Bertz CT molecular complexity index is 460. The SMILES string of the molecule is CCC1CCC(C)N1CCC(=O)c1cc(C)cc(C)c1. The van der Waals surface area contributed by atoms with Crippen molar-refractivity contribution in [2.24, 2.45) is 0 Å². The first-order chi connectivity index (χ1) is 9.51. The number of benzene rings is 1. The normalized spacial score (nSPS) is 23.2. The van der Waals surface area contributed by atoms with Gasteiger partial charge in [0, 0.05) is 30.6 Å². The maximum absolute atomic E-state index is 12.4. The van der Waals surface area contributed by atoms with Gasteiger partial charge >= 0.3 is 0 Å². The van der Waals surface area contributed by atoms with Gasteiger partial charge in [-0.3, -0.25) is 9.69 Å². The van der Waals surface area contributed by atoms with E-state index in [4.69, 9.17) is 0 Å². The average molecular weight is 273 g/mol. The van der Waals surface area contributed by atoms with Gasteiger partial charge in [0.15, 0.2) is 5.78 Å². The van der Waals surface area contributed by atoms with Gasteiger partial charge in [-0.25, -0.2) is 0 Å². The van der Waals surface area contributed by atoms with Gasteiger partial charge in [-0.15, -0.1) is 0 Å². The van der Waals surface area contributed by atoms with Gasteiger partial charge in [0.05, 0.1) is 0 Å². The number of rotatable bonds is 5. The molecule has 0 saturated carbocycles. The van der Waals surface area contributed by atoms with Crippen molar-refractivity contribution in [3.63, 3.8) is 0 Å². The Hall–Kier alpha value is -1.15. The molecule has 2 rings (SSSR count). The molecule has 1 aromatic rings. The molecule has 2 atom stereocenters. The number of carbonyl (C=O) groups excluding carboxylic acids is 1. The van der Waals surface area contributed by atoms with E-state index in [1.54, 1.807) is 0 Å². The summed E-state index contributed by atoms with van der Waals surface area (Å²) in [5.41, 5.74) is 3.23. The third-order valence-corrected chi connectivity index (χ3v) is 4.56. The average Bonchev–Trinajstić information content (AvgIpc) is 2.75. The first-order valence-corrected chi connectivity index (χ1v) is 7.88. The molecule has 0 aliphatic carbocycles. The first-order valence-electron chi connectivity index (χ1n) is 7.88. The molecule has 1 saturated heterocycles. The number of carbonyl (C=O) groups is 1. The van der Waals surface area contributed by atoms with E-state index in [2.05, 4.69) is 38.7 Å². The highest BCUT2D eigenvalue weighted by Crippen LogP contribution is 2.26. The highest BCUT2D eigenvalue weighted by atomic mass is 16.1. The zero-order valence-corrected chi connectivity index (χ0v) is 13.3. The van der Waals surface area contributed by atoms with Gasteiger partial charge in [-0.05, 0) is 52.2 Å². The van der Waals surface area contributed by atoms with Crippen molar-refractivity contribution < 1.29 is 4.79 Å². The molecule has 110 valence electrons. The van der Waals surface area contributed by atoms with Gasteiger partial charge < -0.3 is 0 Å². The molecule has 1 aliphatic heterocycles. The number of ketones is 1. The van der Waals surface area contributed by atoms with E-state index in [-0.39, 0.29) is 5.78 Å². The van der Waals surface area contributed by atoms with E-state index >= 15 is 0 Å². The summed E-state index contributed by atoms with van der Waals surface area (Å²) >= 11 is 0. The number of Topliss-reactive ketones (excluding diaryl/α,β-unsaturated/α-hetero) is 1. The molecule has 1 fully saturated rings. The Morgan fingerprint density at radius 2 is 1.85 bits per heavy atom. The van der Waals surface area contributed by atoms with Crippen molar-refractivity contribution in [3.05, 3.63) is 34.9 Å². The van der Waals surface area contributed by atoms with Crippen molar-refractivity contribution >= 4 is 5.78 Å². The van der Waals surface area contributed by atoms with Crippen molar-refractivity contribution in [3.8, 4) is 0 Å². The van der Waals surface area contributed by atoms with Crippen LogP contribution in [-0.2, 0) is 0 Å². The predicted molar refractivity (Wildman–Crippen MR) is 84.3 cm³/mol. The maximum Gasteiger partial charge on any atom is 0.164 e. The molecular formula is C18H27NO. The zero-order chi connectivity index (χ0) is 14.7. The molecule has 0 bridgehead atoms. The predicted octanol–water partition coefficient (Wildman–Crippen LogP) is 4.14. The van der Waals surface area contributed by atoms with E-state index in [1.165, 1.54) is 30.4 Å². The lowest BCUT2D eigenvalue weighted by atomic mass is 10.0. The molecule has 0 aromatic heterocycles. The van der Waals surface area contributed by atoms with Crippen LogP contribution in [-0.4, -0.2) is 29.3 Å². The van der Waals surface area contributed by atoms with Crippen LogP contribution in [0.5, 0.6) is 0 Å². The summed E-state index contributed by atoms with van der Waals surface area (Å²) in [7, 11) is 0. The Morgan fingerprint density at radius 1 is 1.20 bits per heavy atom. The lowest BCUT2D eigenvalue weighted by molar-refractivity contribution is 0.0949. The summed E-state index contributed by atoms with van der Waals surface area (Å²) < 4.78 is 0. The molecule has 0 radical (unpaired) electrons. The van der Waals surface area contributed by atoms with Crippen LogP contribution < -0.4 is 0 Å². The Balaban J connectivity index is 1.98. The second kappa shape index (κ2) is 6.53. The fourth-order valence-electron chi connectivity index (χ4n) is 3.48. The first kappa shape index (κ1) is 15.2. The summed E-state index contributed by atoms with van der Waals surface area (Å²) in [5, 5.41) is 0. The molecule has 20 heavy (non-hydrogen) atoms. The zero-order valence-electron chi connectivity index (χ0n) is 13.3. The van der Waals surface area contributed by atoms with Crippen LogP contribution in [0.4, 0.5) is 0 Å². The Kier molecular flexibility index (Phi) is 4.98. The van der Waals surface area contributed by atoms with E-state index < -0.39 is 0 Å². The second-order valence-corrected chi connectivity index (χ2v) is 6.28. The summed E-state index contributed by atoms with van der Waals surface area (Å²) in [6.45, 7) is 9.56. The molecule has 2 heteroatoms. The largest absolute Gasteiger partial charge is 0.297 e. The molecule has 1 aliphatic rings. The lowest BCUT2D eigenvalue weighted by Gasteiger charge is -2.27. The standard InChI is InChI=1S/C18H27NO/c1-5-17-7-6-15(4)19(17)9-8-18(20)16-11-13(2)10-14(3)12-16/h10-12,15,17H,5-9H2,1-4H3. The van der Waals surface area contributed by atoms with Gasteiger partial charge in [-0.1, -0.05) is 24.1 Å². The van der Waals surface area contributed by atoms with Crippen LogP contribution in [0.2, 0.25) is 0 Å². The molecule has 0 N–H and O–H groups in total. The Labute approximate surface area is 123 Å². The third-order valence-electron chi connectivity index (χ3n) is 4.56. The summed E-state index contributed by atoms with van der Waals surface area (Å²) in [6, 6.07) is 7.45. The van der Waals surface area contributed by atoms with Crippen LogP contribution in [0.15, 0.2) is 18.2 Å². The number of hydrogen-bond acceptors (Lipinski definition) is 2. The number of likely N-dealkylation sites (tertiary alicyclic amines) is 1. The quantitative estimate of drug-likeness (QED) is 0.751. The number of aryl methyl sites for hydroxylation is 2. The van der Waals surface area contributed by atoms with Crippen molar-refractivity contribution in [1.29, 1.82) is 0 Å². The van der Waals surface area contributed by atoms with E-state index in [9.17, 15) is 4.79 Å². The van der Waals surface area contributed by atoms with Crippen LogP contribution in [0.1, 0.15) is 61.0 Å². The van der Waals surface area contributed by atoms with Crippen molar-refractivity contribution in [2.75, 3.05) is 6.54 Å². The van der Waals surface area contributed by atoms with Crippen LogP contribution in [0, 0.1) is 13.8 Å². The highest BCUT2D eigenvalue weighted by molar-refractivity contribution is 5.96. The third kappa shape index (κ3) is 3.49. The second-order valence-electron chi connectivity index (χ2n) is 6.28. The fourth-order valence-corrected chi connectivity index (χ4v) is 3.48. The topological polar surface area (TPSA) is 20.3 Å². The number of nitrogens with zero attached hydrogens (tertiary/aromatic N) is 1.